The number of carbonyl (C=O) groups is 2. The summed E-state index contributed by atoms with van der Waals surface area (Å²) in [7, 11) is 0. The summed E-state index contributed by atoms with van der Waals surface area (Å²) in [5, 5.41) is 8.84. The maximum atomic E-state index is 12.1. The number of hydrogen-bond donors (Lipinski definition) is 3. The highest BCUT2D eigenvalue weighted by Crippen LogP contribution is 2.14. The van der Waals surface area contributed by atoms with Crippen LogP contribution in [0.1, 0.15) is 24.8 Å². The van der Waals surface area contributed by atoms with Crippen LogP contribution >= 0.6 is 0 Å². The molecule has 0 aliphatic carbocycles. The molecule has 6 nitrogen and oxygen atoms in total. The Balaban J connectivity index is 1.36. The molecule has 3 rings (SSSR count). The number of ether oxygens (including phenoxy) is 1. The van der Waals surface area contributed by atoms with Gasteiger partial charge in [-0.05, 0) is 49.1 Å². The van der Waals surface area contributed by atoms with Crippen molar-refractivity contribution < 1.29 is 14.3 Å². The number of rotatable bonds is 9. The van der Waals surface area contributed by atoms with Crippen LogP contribution in [0.15, 0.2) is 54.6 Å². The van der Waals surface area contributed by atoms with Crippen molar-refractivity contribution in [1.82, 2.24) is 5.32 Å². The first-order valence-electron chi connectivity index (χ1n) is 9.75. The van der Waals surface area contributed by atoms with Gasteiger partial charge >= 0.3 is 0 Å². The molecule has 0 bridgehead atoms. The molecule has 28 heavy (non-hydrogen) atoms. The van der Waals surface area contributed by atoms with Crippen LogP contribution in [0.4, 0.5) is 11.4 Å². The maximum Gasteiger partial charge on any atom is 0.238 e. The van der Waals surface area contributed by atoms with E-state index >= 15 is 0 Å². The van der Waals surface area contributed by atoms with E-state index in [1.54, 1.807) is 24.3 Å². The van der Waals surface area contributed by atoms with Gasteiger partial charge in [-0.2, -0.15) is 0 Å². The Morgan fingerprint density at radius 2 is 1.61 bits per heavy atom. The largest absolute Gasteiger partial charge is 0.377 e. The lowest BCUT2D eigenvalue weighted by Gasteiger charge is -2.11. The molecule has 1 saturated heterocycles. The van der Waals surface area contributed by atoms with E-state index in [0.29, 0.717) is 30.8 Å². The van der Waals surface area contributed by atoms with Crippen molar-refractivity contribution in [3.8, 4) is 0 Å². The predicted octanol–water partition coefficient (Wildman–Crippen LogP) is 2.97. The molecular formula is C22H27N3O3. The fourth-order valence-electron chi connectivity index (χ4n) is 3.12. The zero-order valence-electron chi connectivity index (χ0n) is 15.9. The van der Waals surface area contributed by atoms with Crippen molar-refractivity contribution in [2.45, 2.75) is 31.8 Å². The van der Waals surface area contributed by atoms with E-state index in [0.717, 1.165) is 25.0 Å². The molecule has 1 fully saturated rings. The Morgan fingerprint density at radius 1 is 0.929 bits per heavy atom. The van der Waals surface area contributed by atoms with Gasteiger partial charge in [-0.15, -0.1) is 0 Å². The number of aryl methyl sites for hydroxylation is 1. The fourth-order valence-corrected chi connectivity index (χ4v) is 3.12. The van der Waals surface area contributed by atoms with Gasteiger partial charge < -0.3 is 20.7 Å². The highest BCUT2D eigenvalue weighted by molar-refractivity contribution is 5.93. The molecule has 1 aliphatic heterocycles. The Bertz CT molecular complexity index is 756. The molecule has 0 radical (unpaired) electrons. The van der Waals surface area contributed by atoms with Crippen LogP contribution in [0.3, 0.4) is 0 Å². The average Bonchev–Trinajstić information content (AvgIpc) is 3.22. The Labute approximate surface area is 165 Å². The van der Waals surface area contributed by atoms with Gasteiger partial charge in [0.15, 0.2) is 0 Å². The highest BCUT2D eigenvalue weighted by Gasteiger charge is 2.15. The summed E-state index contributed by atoms with van der Waals surface area (Å²) in [6.45, 7) is 1.76. The van der Waals surface area contributed by atoms with Gasteiger partial charge in [0.05, 0.1) is 12.6 Å². The fraction of sp³-hybridized carbons (Fsp3) is 0.364. The molecular weight excluding hydrogens is 354 g/mol. The number of hydrogen-bond acceptors (Lipinski definition) is 4. The van der Waals surface area contributed by atoms with Crippen LogP contribution in [0.25, 0.3) is 0 Å². The van der Waals surface area contributed by atoms with Gasteiger partial charge in [0.2, 0.25) is 11.8 Å². The first-order valence-corrected chi connectivity index (χ1v) is 9.75. The second kappa shape index (κ2) is 10.6. The van der Waals surface area contributed by atoms with Crippen LogP contribution in [-0.2, 0) is 20.7 Å². The minimum Gasteiger partial charge on any atom is -0.377 e. The van der Waals surface area contributed by atoms with E-state index in [4.69, 9.17) is 4.74 Å². The number of carbonyl (C=O) groups excluding carboxylic acids is 2. The molecule has 6 heteroatoms. The molecule has 0 saturated carbocycles. The molecule has 2 aromatic carbocycles. The molecule has 2 amide bonds. The molecule has 1 aliphatic rings. The third kappa shape index (κ3) is 6.79. The van der Waals surface area contributed by atoms with Gasteiger partial charge in [-0.3, -0.25) is 9.59 Å². The van der Waals surface area contributed by atoms with Crippen molar-refractivity contribution in [2.24, 2.45) is 0 Å². The second-order valence-electron chi connectivity index (χ2n) is 6.93. The lowest BCUT2D eigenvalue weighted by atomic mass is 10.1. The summed E-state index contributed by atoms with van der Waals surface area (Å²) in [6.07, 6.45) is 3.50. The molecule has 2 aromatic rings. The van der Waals surface area contributed by atoms with Gasteiger partial charge in [0, 0.05) is 30.9 Å². The van der Waals surface area contributed by atoms with Gasteiger partial charge in [0.1, 0.15) is 0 Å². The SMILES string of the molecule is O=C(CCc1ccccc1)Nc1ccc(NC(=O)CNCC2CCCO2)cc1. The molecule has 0 aromatic heterocycles. The lowest BCUT2D eigenvalue weighted by molar-refractivity contribution is -0.116. The summed E-state index contributed by atoms with van der Waals surface area (Å²) in [5.41, 5.74) is 2.56. The van der Waals surface area contributed by atoms with Crippen molar-refractivity contribution in [3.63, 3.8) is 0 Å². The zero-order valence-corrected chi connectivity index (χ0v) is 15.9. The van der Waals surface area contributed by atoms with Crippen LogP contribution in [0.5, 0.6) is 0 Å². The predicted molar refractivity (Wildman–Crippen MR) is 110 cm³/mol. The van der Waals surface area contributed by atoms with Gasteiger partial charge in [-0.1, -0.05) is 30.3 Å². The molecule has 148 valence electrons. The molecule has 3 N–H and O–H groups in total. The number of benzene rings is 2. The summed E-state index contributed by atoms with van der Waals surface area (Å²) < 4.78 is 5.51. The van der Waals surface area contributed by atoms with Crippen molar-refractivity contribution >= 4 is 23.2 Å². The minimum absolute atomic E-state index is 0.0287. The maximum absolute atomic E-state index is 12.1. The van der Waals surface area contributed by atoms with E-state index in [1.807, 2.05) is 30.3 Å². The smallest absolute Gasteiger partial charge is 0.238 e. The van der Waals surface area contributed by atoms with Crippen LogP contribution in [0, 0.1) is 0 Å². The Morgan fingerprint density at radius 3 is 2.25 bits per heavy atom. The summed E-state index contributed by atoms with van der Waals surface area (Å²) in [5.74, 6) is -0.128. The first-order chi connectivity index (χ1) is 13.7. The third-order valence-electron chi connectivity index (χ3n) is 4.62. The lowest BCUT2D eigenvalue weighted by Crippen LogP contribution is -2.33. The van der Waals surface area contributed by atoms with Gasteiger partial charge in [0.25, 0.3) is 0 Å². The molecule has 1 heterocycles. The zero-order chi connectivity index (χ0) is 19.6. The third-order valence-corrected chi connectivity index (χ3v) is 4.62. The topological polar surface area (TPSA) is 79.5 Å². The van der Waals surface area contributed by atoms with E-state index in [-0.39, 0.29) is 24.5 Å². The van der Waals surface area contributed by atoms with E-state index in [2.05, 4.69) is 16.0 Å². The van der Waals surface area contributed by atoms with Crippen molar-refractivity contribution in [2.75, 3.05) is 30.3 Å². The van der Waals surface area contributed by atoms with E-state index in [1.165, 1.54) is 0 Å². The first kappa shape index (κ1) is 20.0. The molecule has 1 atom stereocenters. The van der Waals surface area contributed by atoms with Gasteiger partial charge in [-0.25, -0.2) is 0 Å². The van der Waals surface area contributed by atoms with E-state index in [9.17, 15) is 9.59 Å². The normalized spacial score (nSPS) is 15.9. The Hall–Kier alpha value is -2.70. The van der Waals surface area contributed by atoms with Crippen molar-refractivity contribution in [3.05, 3.63) is 60.2 Å². The quantitative estimate of drug-likeness (QED) is 0.624. The minimum atomic E-state index is -0.0994. The van der Waals surface area contributed by atoms with Crippen LogP contribution in [0.2, 0.25) is 0 Å². The van der Waals surface area contributed by atoms with E-state index < -0.39 is 0 Å². The average molecular weight is 381 g/mol. The Kier molecular flexibility index (Phi) is 7.58. The summed E-state index contributed by atoms with van der Waals surface area (Å²) >= 11 is 0. The number of anilines is 2. The standard InChI is InChI=1S/C22H27N3O3/c26-21(13-8-17-5-2-1-3-6-17)24-18-9-11-19(12-10-18)25-22(27)16-23-15-20-7-4-14-28-20/h1-3,5-6,9-12,20,23H,4,7-8,13-16H2,(H,24,26)(H,25,27). The highest BCUT2D eigenvalue weighted by atomic mass is 16.5. The van der Waals surface area contributed by atoms with Crippen molar-refractivity contribution in [1.29, 1.82) is 0 Å². The molecule has 0 spiro atoms. The monoisotopic (exact) mass is 381 g/mol. The number of amides is 2. The summed E-state index contributed by atoms with van der Waals surface area (Å²) in [6, 6.07) is 17.1. The second-order valence-corrected chi connectivity index (χ2v) is 6.93. The summed E-state index contributed by atoms with van der Waals surface area (Å²) in [4.78, 5) is 24.1. The van der Waals surface area contributed by atoms with Crippen LogP contribution in [-0.4, -0.2) is 37.6 Å². The van der Waals surface area contributed by atoms with Crippen LogP contribution < -0.4 is 16.0 Å². The molecule has 1 unspecified atom stereocenters. The number of nitrogens with one attached hydrogen (secondary N) is 3.